The first-order chi connectivity index (χ1) is 17.0. The lowest BCUT2D eigenvalue weighted by Crippen LogP contribution is -2.45. The van der Waals surface area contributed by atoms with E-state index in [1.807, 2.05) is 0 Å². The number of hydrogen-bond acceptors (Lipinski definition) is 4. The molecule has 6 aliphatic rings. The van der Waals surface area contributed by atoms with Gasteiger partial charge in [-0.1, -0.05) is 50.7 Å². The highest BCUT2D eigenvalue weighted by Gasteiger charge is 2.74. The summed E-state index contributed by atoms with van der Waals surface area (Å²) < 4.78 is 6.01. The Morgan fingerprint density at radius 1 is 1.00 bits per heavy atom. The maximum atomic E-state index is 12.3. The first kappa shape index (κ1) is 24.2. The number of carbonyl (C=O) groups is 1. The third-order valence-electron chi connectivity index (χ3n) is 12.0. The Labute approximate surface area is 212 Å². The fraction of sp³-hybridized carbons (Fsp3) is 0.839. The maximum Gasteiger partial charge on any atom is 0.137 e. The number of aldehydes is 1. The fourth-order valence-corrected chi connectivity index (χ4v) is 10.5. The van der Waals surface area contributed by atoms with Crippen LogP contribution >= 0.6 is 0 Å². The molecule has 5 aliphatic carbocycles. The van der Waals surface area contributed by atoms with E-state index in [1.165, 1.54) is 69.8 Å². The first-order valence-electron chi connectivity index (χ1n) is 14.9. The van der Waals surface area contributed by atoms with Crippen LogP contribution in [0.3, 0.4) is 0 Å². The molecule has 3 N–H and O–H groups in total. The highest BCUT2D eigenvalue weighted by Crippen LogP contribution is 2.76. The van der Waals surface area contributed by atoms with E-state index in [0.29, 0.717) is 41.9 Å². The van der Waals surface area contributed by atoms with E-state index < -0.39 is 6.10 Å². The lowest BCUT2D eigenvalue weighted by atomic mass is 9.65. The second kappa shape index (κ2) is 9.63. The molecule has 11 unspecified atom stereocenters. The van der Waals surface area contributed by atoms with Gasteiger partial charge in [-0.25, -0.2) is 0 Å². The van der Waals surface area contributed by atoms with Gasteiger partial charge in [0.15, 0.2) is 0 Å². The molecule has 0 bridgehead atoms. The summed E-state index contributed by atoms with van der Waals surface area (Å²) in [4.78, 5) is 12.3. The SMILES string of the molecule is C=C1CCC2C(C3CC(C4CCCCC4)CC13)C2(C(N)C=O)C1CCCC(C2CC(O)C=CO2)C1. The first-order valence-corrected chi connectivity index (χ1v) is 14.9. The number of hydrogen-bond donors (Lipinski definition) is 2. The van der Waals surface area contributed by atoms with Crippen LogP contribution in [0.15, 0.2) is 24.5 Å². The Morgan fingerprint density at radius 2 is 1.80 bits per heavy atom. The standard InChI is InChI=1S/C31H47NO3/c1-19-10-11-27-30(26-16-22(15-25(19)26)20-6-3-2-4-7-20)31(27,29(32)18-33)23-9-5-8-21(14-23)28-17-24(34)12-13-35-28/h12-13,18,20-30,34H,1-11,14-17,32H2. The molecule has 5 saturated carbocycles. The predicted molar refractivity (Wildman–Crippen MR) is 138 cm³/mol. The van der Waals surface area contributed by atoms with Gasteiger partial charge < -0.3 is 20.4 Å². The Morgan fingerprint density at radius 3 is 2.57 bits per heavy atom. The summed E-state index contributed by atoms with van der Waals surface area (Å²) >= 11 is 0. The largest absolute Gasteiger partial charge is 0.498 e. The summed E-state index contributed by atoms with van der Waals surface area (Å²) in [6, 6.07) is -0.347. The van der Waals surface area contributed by atoms with E-state index in [2.05, 4.69) is 6.58 Å². The van der Waals surface area contributed by atoms with Crippen LogP contribution in [0.5, 0.6) is 0 Å². The minimum absolute atomic E-state index is 0.0192. The summed E-state index contributed by atoms with van der Waals surface area (Å²) in [6.45, 7) is 4.61. The van der Waals surface area contributed by atoms with E-state index in [9.17, 15) is 9.90 Å². The monoisotopic (exact) mass is 481 g/mol. The minimum Gasteiger partial charge on any atom is -0.498 e. The van der Waals surface area contributed by atoms with Crippen molar-refractivity contribution >= 4 is 6.29 Å². The molecule has 4 heteroatoms. The summed E-state index contributed by atoms with van der Waals surface area (Å²) in [5, 5.41) is 10.2. The van der Waals surface area contributed by atoms with Gasteiger partial charge >= 0.3 is 0 Å². The van der Waals surface area contributed by atoms with E-state index in [1.54, 1.807) is 12.3 Å². The number of aliphatic hydroxyl groups is 1. The van der Waals surface area contributed by atoms with E-state index in [-0.39, 0.29) is 17.6 Å². The highest BCUT2D eigenvalue weighted by molar-refractivity contribution is 5.61. The van der Waals surface area contributed by atoms with Crippen molar-refractivity contribution in [2.24, 2.45) is 58.5 Å². The lowest BCUT2D eigenvalue weighted by Gasteiger charge is -2.42. The van der Waals surface area contributed by atoms with Crippen molar-refractivity contribution in [3.63, 3.8) is 0 Å². The van der Waals surface area contributed by atoms with Gasteiger partial charge in [0.05, 0.1) is 18.4 Å². The summed E-state index contributed by atoms with van der Waals surface area (Å²) in [5.74, 6) is 5.25. The van der Waals surface area contributed by atoms with Crippen molar-refractivity contribution in [3.8, 4) is 0 Å². The molecular formula is C31H47NO3. The van der Waals surface area contributed by atoms with Gasteiger partial charge in [0.2, 0.25) is 0 Å². The van der Waals surface area contributed by atoms with Crippen LogP contribution in [0.2, 0.25) is 0 Å². The maximum absolute atomic E-state index is 12.3. The number of nitrogens with two attached hydrogens (primary N) is 1. The lowest BCUT2D eigenvalue weighted by molar-refractivity contribution is -0.111. The molecule has 0 aromatic rings. The minimum atomic E-state index is -0.394. The Hall–Kier alpha value is -1.13. The Kier molecular flexibility index (Phi) is 6.67. The molecule has 5 fully saturated rings. The molecular weight excluding hydrogens is 434 g/mol. The van der Waals surface area contributed by atoms with Crippen molar-refractivity contribution in [2.45, 2.75) is 108 Å². The van der Waals surface area contributed by atoms with Crippen molar-refractivity contribution in [2.75, 3.05) is 0 Å². The van der Waals surface area contributed by atoms with Crippen LogP contribution in [-0.4, -0.2) is 29.6 Å². The number of carbonyl (C=O) groups excluding carboxylic acids is 1. The molecule has 194 valence electrons. The zero-order valence-corrected chi connectivity index (χ0v) is 21.5. The summed E-state index contributed by atoms with van der Waals surface area (Å²) in [6.07, 6.45) is 21.7. The van der Waals surface area contributed by atoms with Crippen molar-refractivity contribution < 1.29 is 14.6 Å². The molecule has 0 saturated heterocycles. The highest BCUT2D eigenvalue weighted by atomic mass is 16.5. The molecule has 0 radical (unpaired) electrons. The number of rotatable bonds is 5. The van der Waals surface area contributed by atoms with Gasteiger partial charge in [-0.05, 0) is 98.4 Å². The Balaban J connectivity index is 1.25. The predicted octanol–water partition coefficient (Wildman–Crippen LogP) is 5.79. The molecule has 1 heterocycles. The quantitative estimate of drug-likeness (QED) is 0.385. The van der Waals surface area contributed by atoms with Gasteiger partial charge in [0, 0.05) is 11.8 Å². The Bertz CT molecular complexity index is 833. The number of ether oxygens (including phenoxy) is 1. The third-order valence-corrected chi connectivity index (χ3v) is 12.0. The molecule has 0 aromatic carbocycles. The topological polar surface area (TPSA) is 72.6 Å². The molecule has 6 rings (SSSR count). The number of aliphatic hydroxyl groups excluding tert-OH is 1. The summed E-state index contributed by atoms with van der Waals surface area (Å²) in [7, 11) is 0. The van der Waals surface area contributed by atoms with Gasteiger partial charge in [0.1, 0.15) is 12.4 Å². The molecule has 11 atom stereocenters. The molecule has 0 spiro atoms. The van der Waals surface area contributed by atoms with Crippen LogP contribution < -0.4 is 5.73 Å². The van der Waals surface area contributed by atoms with Crippen LogP contribution in [0, 0.1) is 52.8 Å². The van der Waals surface area contributed by atoms with Crippen LogP contribution in [-0.2, 0) is 9.53 Å². The average Bonchev–Trinajstić information content (AvgIpc) is 3.41. The molecule has 4 nitrogen and oxygen atoms in total. The normalized spacial score (nSPS) is 48.9. The molecule has 1 aliphatic heterocycles. The summed E-state index contributed by atoms with van der Waals surface area (Å²) in [5.41, 5.74) is 8.31. The number of allylic oxidation sites excluding steroid dienone is 1. The van der Waals surface area contributed by atoms with E-state index in [0.717, 1.165) is 37.4 Å². The van der Waals surface area contributed by atoms with Gasteiger partial charge in [-0.3, -0.25) is 0 Å². The van der Waals surface area contributed by atoms with Crippen molar-refractivity contribution in [1.29, 1.82) is 0 Å². The fourth-order valence-electron chi connectivity index (χ4n) is 10.5. The molecule has 0 amide bonds. The zero-order chi connectivity index (χ0) is 24.2. The van der Waals surface area contributed by atoms with Crippen LogP contribution in [0.4, 0.5) is 0 Å². The second-order valence-electron chi connectivity index (χ2n) is 13.3. The van der Waals surface area contributed by atoms with Crippen LogP contribution in [0.25, 0.3) is 0 Å². The van der Waals surface area contributed by atoms with Gasteiger partial charge in [0.25, 0.3) is 0 Å². The zero-order valence-electron chi connectivity index (χ0n) is 21.5. The second-order valence-corrected chi connectivity index (χ2v) is 13.3. The third kappa shape index (κ3) is 4.06. The van der Waals surface area contributed by atoms with Crippen LogP contribution in [0.1, 0.15) is 89.9 Å². The van der Waals surface area contributed by atoms with Crippen molar-refractivity contribution in [3.05, 3.63) is 24.5 Å². The van der Waals surface area contributed by atoms with E-state index in [4.69, 9.17) is 10.5 Å². The van der Waals surface area contributed by atoms with E-state index >= 15 is 0 Å². The average molecular weight is 482 g/mol. The van der Waals surface area contributed by atoms with Gasteiger partial charge in [-0.2, -0.15) is 0 Å². The van der Waals surface area contributed by atoms with Crippen molar-refractivity contribution in [1.82, 2.24) is 0 Å². The number of fused-ring (bicyclic) bond motifs is 3. The van der Waals surface area contributed by atoms with Gasteiger partial charge in [-0.15, -0.1) is 0 Å². The smallest absolute Gasteiger partial charge is 0.137 e. The molecule has 35 heavy (non-hydrogen) atoms. The molecule has 0 aromatic heterocycles.